The normalized spacial score (nSPS) is 10.6. The van der Waals surface area contributed by atoms with Gasteiger partial charge in [-0.1, -0.05) is 5.92 Å². The number of hydrogen-bond donors (Lipinski definition) is 0. The summed E-state index contributed by atoms with van der Waals surface area (Å²) < 4.78 is 23.0. The molecule has 1 heterocycles. The SMILES string of the molecule is CC#CCn1cc(S(=O)(=O)Cl)cn1. The summed E-state index contributed by atoms with van der Waals surface area (Å²) in [6.45, 7) is 2.06. The zero-order valence-electron chi connectivity index (χ0n) is 6.86. The summed E-state index contributed by atoms with van der Waals surface area (Å²) in [6.07, 6.45) is 2.53. The van der Waals surface area contributed by atoms with E-state index in [0.29, 0.717) is 6.54 Å². The molecule has 1 aromatic rings. The van der Waals surface area contributed by atoms with E-state index < -0.39 is 9.05 Å². The molecule has 0 aromatic carbocycles. The predicted molar refractivity (Wildman–Crippen MR) is 48.7 cm³/mol. The third-order valence-electron chi connectivity index (χ3n) is 1.31. The molecule has 13 heavy (non-hydrogen) atoms. The predicted octanol–water partition coefficient (Wildman–Crippen LogP) is 0.834. The zero-order valence-corrected chi connectivity index (χ0v) is 8.43. The van der Waals surface area contributed by atoms with Gasteiger partial charge in [-0.05, 0) is 6.92 Å². The standard InChI is InChI=1S/C7H7ClN2O2S/c1-2-3-4-10-6-7(5-9-10)13(8,11)12/h5-6H,4H2,1H3. The van der Waals surface area contributed by atoms with Gasteiger partial charge in [-0.15, -0.1) is 5.92 Å². The number of nitrogens with zero attached hydrogens (tertiary/aromatic N) is 2. The van der Waals surface area contributed by atoms with Gasteiger partial charge in [0.15, 0.2) is 0 Å². The molecule has 0 spiro atoms. The fourth-order valence-corrected chi connectivity index (χ4v) is 1.38. The van der Waals surface area contributed by atoms with E-state index in [2.05, 4.69) is 16.9 Å². The molecular weight excluding hydrogens is 212 g/mol. The van der Waals surface area contributed by atoms with Gasteiger partial charge in [0.25, 0.3) is 9.05 Å². The van der Waals surface area contributed by atoms with Gasteiger partial charge in [-0.25, -0.2) is 8.42 Å². The van der Waals surface area contributed by atoms with E-state index in [1.54, 1.807) is 6.92 Å². The van der Waals surface area contributed by atoms with Gasteiger partial charge in [0, 0.05) is 16.9 Å². The van der Waals surface area contributed by atoms with E-state index in [4.69, 9.17) is 10.7 Å². The molecule has 4 nitrogen and oxygen atoms in total. The van der Waals surface area contributed by atoms with Crippen LogP contribution in [0.5, 0.6) is 0 Å². The fraction of sp³-hybridized carbons (Fsp3) is 0.286. The van der Waals surface area contributed by atoms with Crippen LogP contribution in [0.25, 0.3) is 0 Å². The smallest absolute Gasteiger partial charge is 0.259 e. The lowest BCUT2D eigenvalue weighted by atomic mass is 10.6. The molecule has 0 fully saturated rings. The van der Waals surface area contributed by atoms with Crippen molar-refractivity contribution in [3.8, 4) is 11.8 Å². The Morgan fingerprint density at radius 3 is 2.85 bits per heavy atom. The molecule has 6 heteroatoms. The van der Waals surface area contributed by atoms with Crippen LogP contribution in [0.15, 0.2) is 17.3 Å². The molecule has 0 radical (unpaired) electrons. The van der Waals surface area contributed by atoms with Crippen molar-refractivity contribution in [2.45, 2.75) is 18.4 Å². The van der Waals surface area contributed by atoms with Crippen LogP contribution in [0.4, 0.5) is 0 Å². The largest absolute Gasteiger partial charge is 0.264 e. The Morgan fingerprint density at radius 1 is 1.69 bits per heavy atom. The van der Waals surface area contributed by atoms with Crippen LogP contribution in [0.2, 0.25) is 0 Å². The second-order valence-corrected chi connectivity index (χ2v) is 4.80. The summed E-state index contributed by atoms with van der Waals surface area (Å²) >= 11 is 0. The Hall–Kier alpha value is -0.990. The van der Waals surface area contributed by atoms with Crippen molar-refractivity contribution in [3.63, 3.8) is 0 Å². The molecule has 0 atom stereocenters. The number of aromatic nitrogens is 2. The van der Waals surface area contributed by atoms with Crippen molar-refractivity contribution in [2.75, 3.05) is 0 Å². The monoisotopic (exact) mass is 218 g/mol. The molecule has 0 unspecified atom stereocenters. The van der Waals surface area contributed by atoms with Crippen molar-refractivity contribution in [3.05, 3.63) is 12.4 Å². The highest BCUT2D eigenvalue weighted by Crippen LogP contribution is 2.12. The number of halogens is 1. The van der Waals surface area contributed by atoms with Crippen LogP contribution in [0.3, 0.4) is 0 Å². The third-order valence-corrected chi connectivity index (χ3v) is 2.62. The van der Waals surface area contributed by atoms with Crippen LogP contribution in [0, 0.1) is 11.8 Å². The summed E-state index contributed by atoms with van der Waals surface area (Å²) in [4.78, 5) is -0.00734. The molecule has 0 saturated carbocycles. The quantitative estimate of drug-likeness (QED) is 0.546. The maximum atomic E-state index is 10.8. The van der Waals surface area contributed by atoms with Gasteiger partial charge in [0.2, 0.25) is 0 Å². The summed E-state index contributed by atoms with van der Waals surface area (Å²) in [5, 5.41) is 3.77. The Morgan fingerprint density at radius 2 is 2.38 bits per heavy atom. The summed E-state index contributed by atoms with van der Waals surface area (Å²) in [7, 11) is 1.42. The van der Waals surface area contributed by atoms with Crippen LogP contribution in [-0.4, -0.2) is 18.2 Å². The second kappa shape index (κ2) is 3.81. The van der Waals surface area contributed by atoms with Gasteiger partial charge in [0.05, 0.1) is 6.20 Å². The van der Waals surface area contributed by atoms with Crippen LogP contribution >= 0.6 is 10.7 Å². The second-order valence-electron chi connectivity index (χ2n) is 2.24. The Kier molecular flexibility index (Phi) is 2.96. The van der Waals surface area contributed by atoms with E-state index in [-0.39, 0.29) is 4.90 Å². The van der Waals surface area contributed by atoms with Gasteiger partial charge in [-0.3, -0.25) is 4.68 Å². The van der Waals surface area contributed by atoms with Crippen molar-refractivity contribution in [2.24, 2.45) is 0 Å². The van der Waals surface area contributed by atoms with Crippen LogP contribution < -0.4 is 0 Å². The van der Waals surface area contributed by atoms with Gasteiger partial charge < -0.3 is 0 Å². The van der Waals surface area contributed by atoms with E-state index in [1.165, 1.54) is 17.1 Å². The molecule has 0 amide bonds. The summed E-state index contributed by atoms with van der Waals surface area (Å²) in [5.41, 5.74) is 0. The molecule has 0 bridgehead atoms. The first kappa shape index (κ1) is 10.1. The van der Waals surface area contributed by atoms with E-state index in [9.17, 15) is 8.42 Å². The fourth-order valence-electron chi connectivity index (χ4n) is 0.717. The zero-order chi connectivity index (χ0) is 9.90. The molecule has 1 aromatic heterocycles. The van der Waals surface area contributed by atoms with E-state index in [0.717, 1.165) is 0 Å². The van der Waals surface area contributed by atoms with Crippen LogP contribution in [0.1, 0.15) is 6.92 Å². The molecule has 0 aliphatic rings. The highest BCUT2D eigenvalue weighted by atomic mass is 35.7. The van der Waals surface area contributed by atoms with Gasteiger partial charge in [0.1, 0.15) is 11.4 Å². The molecule has 0 N–H and O–H groups in total. The first-order chi connectivity index (χ1) is 6.04. The van der Waals surface area contributed by atoms with Crippen molar-refractivity contribution >= 4 is 19.7 Å². The first-order valence-corrected chi connectivity index (χ1v) is 5.71. The van der Waals surface area contributed by atoms with Crippen molar-refractivity contribution in [1.29, 1.82) is 0 Å². The minimum atomic E-state index is -3.67. The summed E-state index contributed by atoms with van der Waals surface area (Å²) in [5.74, 6) is 5.41. The van der Waals surface area contributed by atoms with Gasteiger partial charge in [-0.2, -0.15) is 5.10 Å². The average molecular weight is 219 g/mol. The van der Waals surface area contributed by atoms with Crippen LogP contribution in [-0.2, 0) is 15.6 Å². The Bertz CT molecular complexity index is 452. The highest BCUT2D eigenvalue weighted by Gasteiger charge is 2.11. The lowest BCUT2D eigenvalue weighted by Gasteiger charge is -1.89. The topological polar surface area (TPSA) is 52.0 Å². The Labute approximate surface area is 80.9 Å². The molecule has 0 saturated heterocycles. The minimum absolute atomic E-state index is 0.00734. The number of hydrogen-bond acceptors (Lipinski definition) is 3. The summed E-state index contributed by atoms with van der Waals surface area (Å²) in [6, 6.07) is 0. The van der Waals surface area contributed by atoms with Crippen molar-refractivity contribution in [1.82, 2.24) is 9.78 Å². The highest BCUT2D eigenvalue weighted by molar-refractivity contribution is 8.13. The lowest BCUT2D eigenvalue weighted by Crippen LogP contribution is -1.95. The molecular formula is C7H7ClN2O2S. The van der Waals surface area contributed by atoms with E-state index in [1.807, 2.05) is 0 Å². The third kappa shape index (κ3) is 2.76. The molecule has 70 valence electrons. The maximum absolute atomic E-state index is 10.8. The molecule has 1 rings (SSSR count). The molecule has 0 aliphatic carbocycles. The Balaban J connectivity index is 2.92. The first-order valence-electron chi connectivity index (χ1n) is 3.41. The average Bonchev–Trinajstić information content (AvgIpc) is 2.47. The minimum Gasteiger partial charge on any atom is -0.259 e. The lowest BCUT2D eigenvalue weighted by molar-refractivity contribution is 0.609. The van der Waals surface area contributed by atoms with Crippen molar-refractivity contribution < 1.29 is 8.42 Å². The molecule has 0 aliphatic heterocycles. The maximum Gasteiger partial charge on any atom is 0.264 e. The van der Waals surface area contributed by atoms with E-state index >= 15 is 0 Å². The van der Waals surface area contributed by atoms with Gasteiger partial charge >= 0.3 is 0 Å². The number of rotatable bonds is 2.